The third-order valence-corrected chi connectivity index (χ3v) is 2.66. The Kier molecular flexibility index (Phi) is 3.02. The number of anilines is 3. The number of halogens is 1. The predicted octanol–water partition coefficient (Wildman–Crippen LogP) is 3.97. The van der Waals surface area contributed by atoms with E-state index < -0.39 is 0 Å². The molecular weight excluding hydrogens is 220 g/mol. The van der Waals surface area contributed by atoms with Gasteiger partial charge in [-0.15, -0.1) is 0 Å². The van der Waals surface area contributed by atoms with E-state index in [1.165, 1.54) is 5.56 Å². The Morgan fingerprint density at radius 1 is 1.06 bits per heavy atom. The van der Waals surface area contributed by atoms with Gasteiger partial charge in [-0.2, -0.15) is 0 Å². The number of rotatable bonds is 2. The number of nitrogens with one attached hydrogen (secondary N) is 1. The lowest BCUT2D eigenvalue weighted by Gasteiger charge is -2.11. The summed E-state index contributed by atoms with van der Waals surface area (Å²) in [6, 6.07) is 13.4. The van der Waals surface area contributed by atoms with Gasteiger partial charge in [-0.1, -0.05) is 29.8 Å². The summed E-state index contributed by atoms with van der Waals surface area (Å²) < 4.78 is 0. The van der Waals surface area contributed by atoms with Crippen LogP contribution in [0.5, 0.6) is 0 Å². The Morgan fingerprint density at radius 2 is 1.81 bits per heavy atom. The first kappa shape index (κ1) is 10.8. The Bertz CT molecular complexity index is 509. The average Bonchev–Trinajstić information content (AvgIpc) is 2.27. The van der Waals surface area contributed by atoms with Crippen LogP contribution < -0.4 is 11.1 Å². The minimum atomic E-state index is 0.672. The summed E-state index contributed by atoms with van der Waals surface area (Å²) in [6.07, 6.45) is 0. The highest BCUT2D eigenvalue weighted by Gasteiger charge is 2.02. The Balaban J connectivity index is 2.34. The van der Waals surface area contributed by atoms with Crippen molar-refractivity contribution in [2.24, 2.45) is 0 Å². The van der Waals surface area contributed by atoms with Crippen molar-refractivity contribution >= 4 is 28.7 Å². The summed E-state index contributed by atoms with van der Waals surface area (Å²) in [7, 11) is 0. The van der Waals surface area contributed by atoms with Crippen molar-refractivity contribution in [3.05, 3.63) is 53.1 Å². The monoisotopic (exact) mass is 232 g/mol. The van der Waals surface area contributed by atoms with Crippen LogP contribution in [0.2, 0.25) is 5.02 Å². The van der Waals surface area contributed by atoms with Gasteiger partial charge in [-0.05, 0) is 36.8 Å². The molecule has 0 radical (unpaired) electrons. The standard InChI is InChI=1S/C13H13ClN2/c1-9-4-2-3-5-12(9)16-13-8-10(14)6-7-11(13)15/h2-8,16H,15H2,1H3. The molecule has 0 aromatic heterocycles. The van der Waals surface area contributed by atoms with E-state index in [9.17, 15) is 0 Å². The molecule has 0 atom stereocenters. The zero-order chi connectivity index (χ0) is 11.5. The number of nitrogens with two attached hydrogens (primary N) is 1. The fourth-order valence-electron chi connectivity index (χ4n) is 1.49. The van der Waals surface area contributed by atoms with Crippen molar-refractivity contribution in [1.82, 2.24) is 0 Å². The van der Waals surface area contributed by atoms with E-state index >= 15 is 0 Å². The van der Waals surface area contributed by atoms with Gasteiger partial charge in [0.05, 0.1) is 11.4 Å². The Labute approximate surface area is 100 Å². The molecule has 3 N–H and O–H groups in total. The van der Waals surface area contributed by atoms with E-state index in [0.29, 0.717) is 10.7 Å². The molecule has 82 valence electrons. The topological polar surface area (TPSA) is 38.0 Å². The summed E-state index contributed by atoms with van der Waals surface area (Å²) in [4.78, 5) is 0. The molecule has 2 rings (SSSR count). The second kappa shape index (κ2) is 4.45. The van der Waals surface area contributed by atoms with Crippen LogP contribution in [0.3, 0.4) is 0 Å². The molecule has 0 aliphatic carbocycles. The van der Waals surface area contributed by atoms with Crippen molar-refractivity contribution in [2.75, 3.05) is 11.1 Å². The maximum Gasteiger partial charge on any atom is 0.0632 e. The molecule has 3 heteroatoms. The maximum atomic E-state index is 5.93. The number of hydrogen-bond donors (Lipinski definition) is 2. The first-order chi connectivity index (χ1) is 7.66. The third kappa shape index (κ3) is 2.28. The lowest BCUT2D eigenvalue weighted by atomic mass is 10.2. The van der Waals surface area contributed by atoms with Crippen LogP contribution in [0.15, 0.2) is 42.5 Å². The highest BCUT2D eigenvalue weighted by molar-refractivity contribution is 6.31. The van der Waals surface area contributed by atoms with Gasteiger partial charge in [0.2, 0.25) is 0 Å². The van der Waals surface area contributed by atoms with Crippen LogP contribution in [0.1, 0.15) is 5.56 Å². The molecule has 0 saturated heterocycles. The van der Waals surface area contributed by atoms with E-state index in [1.807, 2.05) is 37.3 Å². The molecule has 0 amide bonds. The molecule has 0 spiro atoms. The van der Waals surface area contributed by atoms with Crippen LogP contribution >= 0.6 is 11.6 Å². The fourth-order valence-corrected chi connectivity index (χ4v) is 1.67. The molecule has 0 saturated carbocycles. The molecule has 0 fully saturated rings. The van der Waals surface area contributed by atoms with Gasteiger partial charge in [-0.25, -0.2) is 0 Å². The molecular formula is C13H13ClN2. The van der Waals surface area contributed by atoms with Crippen LogP contribution in [-0.2, 0) is 0 Å². The Hall–Kier alpha value is -1.67. The highest BCUT2D eigenvalue weighted by Crippen LogP contribution is 2.27. The second-order valence-corrected chi connectivity index (χ2v) is 4.11. The summed E-state index contributed by atoms with van der Waals surface area (Å²) in [5.74, 6) is 0. The molecule has 16 heavy (non-hydrogen) atoms. The van der Waals surface area contributed by atoms with Crippen molar-refractivity contribution in [3.8, 4) is 0 Å². The smallest absolute Gasteiger partial charge is 0.0632 e. The van der Waals surface area contributed by atoms with E-state index in [4.69, 9.17) is 17.3 Å². The van der Waals surface area contributed by atoms with Gasteiger partial charge in [0.25, 0.3) is 0 Å². The van der Waals surface area contributed by atoms with E-state index in [-0.39, 0.29) is 0 Å². The van der Waals surface area contributed by atoms with E-state index in [2.05, 4.69) is 5.32 Å². The molecule has 2 aromatic rings. The lowest BCUT2D eigenvalue weighted by molar-refractivity contribution is 1.43. The number of hydrogen-bond acceptors (Lipinski definition) is 2. The Morgan fingerprint density at radius 3 is 2.56 bits per heavy atom. The van der Waals surface area contributed by atoms with Crippen molar-refractivity contribution < 1.29 is 0 Å². The van der Waals surface area contributed by atoms with Gasteiger partial charge in [-0.3, -0.25) is 0 Å². The molecule has 0 heterocycles. The van der Waals surface area contributed by atoms with Gasteiger partial charge in [0.15, 0.2) is 0 Å². The molecule has 0 bridgehead atoms. The van der Waals surface area contributed by atoms with Crippen molar-refractivity contribution in [2.45, 2.75) is 6.92 Å². The first-order valence-corrected chi connectivity index (χ1v) is 5.42. The molecule has 2 nitrogen and oxygen atoms in total. The zero-order valence-electron chi connectivity index (χ0n) is 9.00. The van der Waals surface area contributed by atoms with Gasteiger partial charge >= 0.3 is 0 Å². The van der Waals surface area contributed by atoms with Crippen molar-refractivity contribution in [3.63, 3.8) is 0 Å². The minimum Gasteiger partial charge on any atom is -0.397 e. The fraction of sp³-hybridized carbons (Fsp3) is 0.0769. The van der Waals surface area contributed by atoms with Crippen molar-refractivity contribution in [1.29, 1.82) is 0 Å². The van der Waals surface area contributed by atoms with Crippen LogP contribution in [0.4, 0.5) is 17.1 Å². The van der Waals surface area contributed by atoms with Crippen LogP contribution in [0.25, 0.3) is 0 Å². The maximum absolute atomic E-state index is 5.93. The molecule has 0 aliphatic heterocycles. The summed E-state index contributed by atoms with van der Waals surface area (Å²) in [5.41, 5.74) is 9.60. The lowest BCUT2D eigenvalue weighted by Crippen LogP contribution is -1.97. The molecule has 2 aromatic carbocycles. The van der Waals surface area contributed by atoms with Gasteiger partial charge in [0, 0.05) is 10.7 Å². The SMILES string of the molecule is Cc1ccccc1Nc1cc(Cl)ccc1N. The number of para-hydroxylation sites is 1. The van der Waals surface area contributed by atoms with E-state index in [0.717, 1.165) is 11.4 Å². The quantitative estimate of drug-likeness (QED) is 0.769. The number of nitrogen functional groups attached to an aromatic ring is 1. The largest absolute Gasteiger partial charge is 0.397 e. The first-order valence-electron chi connectivity index (χ1n) is 5.04. The zero-order valence-corrected chi connectivity index (χ0v) is 9.75. The second-order valence-electron chi connectivity index (χ2n) is 3.67. The number of benzene rings is 2. The van der Waals surface area contributed by atoms with Gasteiger partial charge < -0.3 is 11.1 Å². The van der Waals surface area contributed by atoms with Gasteiger partial charge in [0.1, 0.15) is 0 Å². The predicted molar refractivity (Wildman–Crippen MR) is 70.3 cm³/mol. The normalized spacial score (nSPS) is 10.1. The molecule has 0 aliphatic rings. The molecule has 0 unspecified atom stereocenters. The third-order valence-electron chi connectivity index (χ3n) is 2.43. The summed E-state index contributed by atoms with van der Waals surface area (Å²) >= 11 is 5.93. The van der Waals surface area contributed by atoms with Crippen LogP contribution in [0, 0.1) is 6.92 Å². The number of aryl methyl sites for hydroxylation is 1. The summed E-state index contributed by atoms with van der Waals surface area (Å²) in [5, 5.41) is 3.94. The average molecular weight is 233 g/mol. The summed E-state index contributed by atoms with van der Waals surface area (Å²) in [6.45, 7) is 2.04. The minimum absolute atomic E-state index is 0.672. The van der Waals surface area contributed by atoms with E-state index in [1.54, 1.807) is 12.1 Å². The van der Waals surface area contributed by atoms with Crippen LogP contribution in [-0.4, -0.2) is 0 Å². The highest BCUT2D eigenvalue weighted by atomic mass is 35.5.